The summed E-state index contributed by atoms with van der Waals surface area (Å²) in [5, 5.41) is 0. The molecule has 0 N–H and O–H groups in total. The molecule has 6 nitrogen and oxygen atoms in total. The molecule has 0 bridgehead atoms. The fourth-order valence-electron chi connectivity index (χ4n) is 2.57. The molecule has 0 unspecified atom stereocenters. The lowest BCUT2D eigenvalue weighted by molar-refractivity contribution is -0.146. The van der Waals surface area contributed by atoms with Gasteiger partial charge in [-0.15, -0.1) is 0 Å². The lowest BCUT2D eigenvalue weighted by Gasteiger charge is -2.36. The zero-order chi connectivity index (χ0) is 16.7. The number of methoxy groups -OCH3 is 1. The van der Waals surface area contributed by atoms with E-state index in [-0.39, 0.29) is 12.2 Å². The third-order valence-electron chi connectivity index (χ3n) is 3.87. The van der Waals surface area contributed by atoms with Crippen LogP contribution in [-0.2, 0) is 14.3 Å². The minimum absolute atomic E-state index is 0.134. The minimum Gasteiger partial charge on any atom is -0.497 e. The van der Waals surface area contributed by atoms with E-state index < -0.39 is 5.97 Å². The van der Waals surface area contributed by atoms with E-state index in [1.165, 1.54) is 12.6 Å². The van der Waals surface area contributed by atoms with E-state index in [0.29, 0.717) is 13.2 Å². The van der Waals surface area contributed by atoms with E-state index in [2.05, 4.69) is 21.9 Å². The zero-order valence-corrected chi connectivity index (χ0v) is 13.8. The first kappa shape index (κ1) is 17.3. The van der Waals surface area contributed by atoms with Crippen molar-refractivity contribution in [3.63, 3.8) is 0 Å². The lowest BCUT2D eigenvalue weighted by Crippen LogP contribution is -2.47. The molecule has 1 aliphatic rings. The highest BCUT2D eigenvalue weighted by Crippen LogP contribution is 2.20. The predicted octanol–water partition coefficient (Wildman–Crippen LogP) is 1.34. The summed E-state index contributed by atoms with van der Waals surface area (Å²) in [5.41, 5.74) is 1.19. The van der Waals surface area contributed by atoms with Crippen LogP contribution in [0.5, 0.6) is 5.75 Å². The molecular weight excluding hydrogens is 296 g/mol. The van der Waals surface area contributed by atoms with Gasteiger partial charge in [-0.1, -0.05) is 0 Å². The van der Waals surface area contributed by atoms with Crippen LogP contribution in [0.15, 0.2) is 24.3 Å². The van der Waals surface area contributed by atoms with Crippen LogP contribution in [0.2, 0.25) is 0 Å². The summed E-state index contributed by atoms with van der Waals surface area (Å²) in [5.74, 6) is 0.261. The van der Waals surface area contributed by atoms with Gasteiger partial charge in [-0.2, -0.15) is 0 Å². The first-order valence-corrected chi connectivity index (χ1v) is 7.85. The average molecular weight is 320 g/mol. The summed E-state index contributed by atoms with van der Waals surface area (Å²) >= 11 is 0. The van der Waals surface area contributed by atoms with Crippen LogP contribution in [0, 0.1) is 0 Å². The molecule has 1 heterocycles. The molecule has 0 atom stereocenters. The van der Waals surface area contributed by atoms with Crippen molar-refractivity contribution >= 4 is 17.4 Å². The fraction of sp³-hybridized carbons (Fsp3) is 0.529. The highest BCUT2D eigenvalue weighted by atomic mass is 16.5. The Morgan fingerprint density at radius 3 is 2.30 bits per heavy atom. The molecule has 6 heteroatoms. The van der Waals surface area contributed by atoms with Crippen molar-refractivity contribution in [2.45, 2.75) is 13.3 Å². The lowest BCUT2D eigenvalue weighted by atomic mass is 10.2. The van der Waals surface area contributed by atoms with Crippen LogP contribution < -0.4 is 9.64 Å². The molecule has 0 saturated carbocycles. The van der Waals surface area contributed by atoms with Gasteiger partial charge in [-0.25, -0.2) is 0 Å². The Morgan fingerprint density at radius 1 is 1.09 bits per heavy atom. The maximum absolute atomic E-state index is 11.3. The van der Waals surface area contributed by atoms with Crippen LogP contribution in [0.3, 0.4) is 0 Å². The molecule has 0 aliphatic carbocycles. The number of carbonyl (C=O) groups is 2. The van der Waals surface area contributed by atoms with E-state index in [4.69, 9.17) is 9.47 Å². The molecule has 1 aliphatic heterocycles. The highest BCUT2D eigenvalue weighted by molar-refractivity contribution is 5.94. The van der Waals surface area contributed by atoms with Crippen molar-refractivity contribution in [3.05, 3.63) is 24.3 Å². The van der Waals surface area contributed by atoms with Crippen LogP contribution in [0.25, 0.3) is 0 Å². The van der Waals surface area contributed by atoms with Gasteiger partial charge in [-0.3, -0.25) is 14.5 Å². The van der Waals surface area contributed by atoms with Crippen LogP contribution in [-0.4, -0.2) is 63.1 Å². The summed E-state index contributed by atoms with van der Waals surface area (Å²) in [6.07, 6.45) is -0.134. The van der Waals surface area contributed by atoms with E-state index in [1.807, 2.05) is 12.1 Å². The number of nitrogens with zero attached hydrogens (tertiary/aromatic N) is 2. The first-order valence-electron chi connectivity index (χ1n) is 7.85. The number of ether oxygens (including phenoxy) is 2. The van der Waals surface area contributed by atoms with Gasteiger partial charge in [0.25, 0.3) is 0 Å². The van der Waals surface area contributed by atoms with Gasteiger partial charge in [0.05, 0.1) is 7.11 Å². The number of benzene rings is 1. The molecule has 0 aromatic heterocycles. The number of esters is 1. The number of piperazine rings is 1. The Kier molecular flexibility index (Phi) is 6.40. The van der Waals surface area contributed by atoms with Gasteiger partial charge in [0.2, 0.25) is 0 Å². The molecular formula is C17H24N2O4. The van der Waals surface area contributed by atoms with Gasteiger partial charge in [-0.05, 0) is 31.2 Å². The maximum Gasteiger partial charge on any atom is 0.313 e. The molecule has 1 fully saturated rings. The largest absolute Gasteiger partial charge is 0.497 e. The molecule has 0 amide bonds. The summed E-state index contributed by atoms with van der Waals surface area (Å²) in [7, 11) is 1.66. The van der Waals surface area contributed by atoms with E-state index >= 15 is 0 Å². The van der Waals surface area contributed by atoms with Gasteiger partial charge >= 0.3 is 5.97 Å². The molecule has 126 valence electrons. The Morgan fingerprint density at radius 2 is 1.74 bits per heavy atom. The van der Waals surface area contributed by atoms with Gasteiger partial charge in [0, 0.05) is 38.4 Å². The number of anilines is 1. The van der Waals surface area contributed by atoms with Crippen LogP contribution in [0.4, 0.5) is 5.69 Å². The van der Waals surface area contributed by atoms with Crippen molar-refractivity contribution in [1.29, 1.82) is 0 Å². The van der Waals surface area contributed by atoms with Crippen LogP contribution >= 0.6 is 0 Å². The Bertz CT molecular complexity index is 522. The standard InChI is InChI=1S/C17H24N2O4/c1-14(20)13-17(21)23-12-11-18-7-9-19(10-8-18)15-3-5-16(22-2)6-4-15/h3-6H,7-13H2,1-2H3. The predicted molar refractivity (Wildman–Crippen MR) is 87.9 cm³/mol. The molecule has 2 rings (SSSR count). The Hall–Kier alpha value is -2.08. The van der Waals surface area contributed by atoms with Crippen molar-refractivity contribution < 1.29 is 19.1 Å². The third kappa shape index (κ3) is 5.56. The molecule has 0 spiro atoms. The summed E-state index contributed by atoms with van der Waals surface area (Å²) in [4.78, 5) is 26.7. The number of hydrogen-bond donors (Lipinski definition) is 0. The summed E-state index contributed by atoms with van der Waals surface area (Å²) in [6.45, 7) is 6.17. The van der Waals surface area contributed by atoms with Crippen molar-refractivity contribution in [3.8, 4) is 5.75 Å². The zero-order valence-electron chi connectivity index (χ0n) is 13.8. The topological polar surface area (TPSA) is 59.1 Å². The van der Waals surface area contributed by atoms with Crippen molar-refractivity contribution in [2.24, 2.45) is 0 Å². The van der Waals surface area contributed by atoms with Crippen molar-refractivity contribution in [1.82, 2.24) is 4.90 Å². The van der Waals surface area contributed by atoms with Crippen molar-refractivity contribution in [2.75, 3.05) is 51.3 Å². The second-order valence-electron chi connectivity index (χ2n) is 5.63. The smallest absolute Gasteiger partial charge is 0.313 e. The Balaban J connectivity index is 1.69. The highest BCUT2D eigenvalue weighted by Gasteiger charge is 2.17. The summed E-state index contributed by atoms with van der Waals surface area (Å²) in [6, 6.07) is 8.07. The monoisotopic (exact) mass is 320 g/mol. The first-order chi connectivity index (χ1) is 11.1. The molecule has 1 aromatic rings. The van der Waals surface area contributed by atoms with Gasteiger partial charge in [0.1, 0.15) is 24.6 Å². The van der Waals surface area contributed by atoms with Gasteiger partial charge in [0.15, 0.2) is 0 Å². The second-order valence-corrected chi connectivity index (χ2v) is 5.63. The number of Topliss-reactive ketones (excluding diaryl/α,β-unsaturated/α-hetero) is 1. The fourth-order valence-corrected chi connectivity index (χ4v) is 2.57. The SMILES string of the molecule is COc1ccc(N2CCN(CCOC(=O)CC(C)=O)CC2)cc1. The number of ketones is 1. The average Bonchev–Trinajstić information content (AvgIpc) is 2.55. The number of hydrogen-bond acceptors (Lipinski definition) is 6. The van der Waals surface area contributed by atoms with E-state index in [1.54, 1.807) is 7.11 Å². The molecule has 0 radical (unpaired) electrons. The second kappa shape index (κ2) is 8.53. The van der Waals surface area contributed by atoms with Crippen LogP contribution in [0.1, 0.15) is 13.3 Å². The van der Waals surface area contributed by atoms with E-state index in [0.717, 1.165) is 31.9 Å². The maximum atomic E-state index is 11.3. The quantitative estimate of drug-likeness (QED) is 0.558. The molecule has 1 saturated heterocycles. The number of rotatable bonds is 7. The Labute approximate surface area is 137 Å². The number of carbonyl (C=O) groups excluding carboxylic acids is 2. The molecule has 1 aromatic carbocycles. The molecule has 23 heavy (non-hydrogen) atoms. The summed E-state index contributed by atoms with van der Waals surface area (Å²) < 4.78 is 10.2. The third-order valence-corrected chi connectivity index (χ3v) is 3.87. The van der Waals surface area contributed by atoms with Gasteiger partial charge < -0.3 is 14.4 Å². The normalized spacial score (nSPS) is 15.3. The minimum atomic E-state index is -0.436. The van der Waals surface area contributed by atoms with E-state index in [9.17, 15) is 9.59 Å².